The second kappa shape index (κ2) is 7.68. The molecule has 0 atom stereocenters. The number of carbonyl (C=O) groups is 1. The van der Waals surface area contributed by atoms with Crippen LogP contribution in [0.4, 0.5) is 4.39 Å². The molecule has 3 aromatic rings. The van der Waals surface area contributed by atoms with Crippen LogP contribution in [0, 0.1) is 5.82 Å². The van der Waals surface area contributed by atoms with Crippen LogP contribution in [0.5, 0.6) is 0 Å². The van der Waals surface area contributed by atoms with Gasteiger partial charge in [-0.1, -0.05) is 29.3 Å². The lowest BCUT2D eigenvalue weighted by molar-refractivity contribution is -0.116. The van der Waals surface area contributed by atoms with Crippen molar-refractivity contribution in [1.29, 1.82) is 0 Å². The van der Waals surface area contributed by atoms with E-state index in [9.17, 15) is 9.18 Å². The van der Waals surface area contributed by atoms with Crippen molar-refractivity contribution in [2.45, 2.75) is 6.42 Å². The summed E-state index contributed by atoms with van der Waals surface area (Å²) < 4.78 is 14.8. The van der Waals surface area contributed by atoms with Crippen molar-refractivity contribution in [3.05, 3.63) is 75.9 Å². The molecule has 0 unspecified atom stereocenters. The monoisotopic (exact) mass is 377 g/mol. The Hall–Kier alpha value is -2.37. The molecule has 0 aliphatic rings. The molecule has 128 valence electrons. The molecule has 2 heterocycles. The fourth-order valence-electron chi connectivity index (χ4n) is 2.31. The number of benzene rings is 1. The third-order valence-corrected chi connectivity index (χ3v) is 4.08. The van der Waals surface area contributed by atoms with Gasteiger partial charge in [0, 0.05) is 41.5 Å². The van der Waals surface area contributed by atoms with E-state index in [2.05, 4.69) is 10.3 Å². The van der Waals surface area contributed by atoms with Gasteiger partial charge in [0.05, 0.1) is 5.69 Å². The number of aromatic nitrogens is 2. The molecule has 0 spiro atoms. The van der Waals surface area contributed by atoms with Gasteiger partial charge in [-0.3, -0.25) is 4.79 Å². The molecule has 2 aromatic heterocycles. The maximum absolute atomic E-state index is 13.1. The Labute approximate surface area is 153 Å². The van der Waals surface area contributed by atoms with Crippen molar-refractivity contribution in [3.8, 4) is 0 Å². The topological polar surface area (TPSA) is 46.4 Å². The van der Waals surface area contributed by atoms with E-state index in [1.165, 1.54) is 18.3 Å². The lowest BCUT2D eigenvalue weighted by Crippen LogP contribution is -2.23. The molecule has 1 N–H and O–H groups in total. The van der Waals surface area contributed by atoms with Gasteiger partial charge in [-0.15, -0.1) is 0 Å². The third-order valence-electron chi connectivity index (χ3n) is 3.52. The summed E-state index contributed by atoms with van der Waals surface area (Å²) in [5.41, 5.74) is 2.15. The van der Waals surface area contributed by atoms with Crippen molar-refractivity contribution >= 4 is 40.8 Å². The number of rotatable bonds is 5. The molecule has 1 amide bonds. The highest BCUT2D eigenvalue weighted by molar-refractivity contribution is 6.35. The maximum Gasteiger partial charge on any atom is 0.244 e. The van der Waals surface area contributed by atoms with Crippen molar-refractivity contribution in [3.63, 3.8) is 0 Å². The normalized spacial score (nSPS) is 11.3. The summed E-state index contributed by atoms with van der Waals surface area (Å²) in [6.45, 7) is 0.421. The predicted molar refractivity (Wildman–Crippen MR) is 97.4 cm³/mol. The van der Waals surface area contributed by atoms with Gasteiger partial charge in [0.15, 0.2) is 0 Å². The zero-order valence-corrected chi connectivity index (χ0v) is 14.6. The lowest BCUT2D eigenvalue weighted by Gasteiger charge is -2.01. The Morgan fingerprint density at radius 2 is 2.08 bits per heavy atom. The van der Waals surface area contributed by atoms with Crippen LogP contribution in [0.1, 0.15) is 11.3 Å². The van der Waals surface area contributed by atoms with Crippen molar-refractivity contribution in [1.82, 2.24) is 14.7 Å². The molecule has 0 bridgehead atoms. The van der Waals surface area contributed by atoms with E-state index < -0.39 is 0 Å². The van der Waals surface area contributed by atoms with Gasteiger partial charge in [-0.25, -0.2) is 9.37 Å². The molecule has 0 aliphatic carbocycles. The second-order valence-electron chi connectivity index (χ2n) is 5.39. The number of fused-ring (bicyclic) bond motifs is 1. The van der Waals surface area contributed by atoms with E-state index in [4.69, 9.17) is 23.2 Å². The van der Waals surface area contributed by atoms with Crippen LogP contribution >= 0.6 is 23.2 Å². The fraction of sp³-hybridized carbons (Fsp3) is 0.111. The average Bonchev–Trinajstić information content (AvgIpc) is 2.95. The van der Waals surface area contributed by atoms with Crippen LogP contribution in [0.2, 0.25) is 10.0 Å². The number of amides is 1. The molecule has 7 heteroatoms. The van der Waals surface area contributed by atoms with E-state index >= 15 is 0 Å². The van der Waals surface area contributed by atoms with Gasteiger partial charge in [0.1, 0.15) is 11.5 Å². The summed E-state index contributed by atoms with van der Waals surface area (Å²) in [5.74, 6) is -0.559. The van der Waals surface area contributed by atoms with Crippen molar-refractivity contribution in [2.75, 3.05) is 6.54 Å². The highest BCUT2D eigenvalue weighted by atomic mass is 35.5. The van der Waals surface area contributed by atoms with Crippen molar-refractivity contribution in [2.24, 2.45) is 0 Å². The van der Waals surface area contributed by atoms with Gasteiger partial charge in [0.2, 0.25) is 5.91 Å². The minimum atomic E-state index is -0.323. The lowest BCUT2D eigenvalue weighted by atomic mass is 10.2. The third kappa shape index (κ3) is 4.59. The van der Waals surface area contributed by atoms with Crippen LogP contribution in [-0.2, 0) is 11.2 Å². The summed E-state index contributed by atoms with van der Waals surface area (Å²) in [6.07, 6.45) is 6.69. The first-order valence-corrected chi connectivity index (χ1v) is 8.31. The molecule has 1 aromatic carbocycles. The van der Waals surface area contributed by atoms with Crippen LogP contribution in [0.25, 0.3) is 11.7 Å². The van der Waals surface area contributed by atoms with E-state index in [1.54, 1.807) is 40.9 Å². The summed E-state index contributed by atoms with van der Waals surface area (Å²) >= 11 is 11.9. The second-order valence-corrected chi connectivity index (χ2v) is 6.23. The largest absolute Gasteiger partial charge is 0.352 e. The number of hydrogen-bond acceptors (Lipinski definition) is 2. The van der Waals surface area contributed by atoms with E-state index in [-0.39, 0.29) is 11.7 Å². The van der Waals surface area contributed by atoms with E-state index in [0.717, 1.165) is 5.69 Å². The van der Waals surface area contributed by atoms with Crippen LogP contribution in [0.15, 0.2) is 48.8 Å². The van der Waals surface area contributed by atoms with Gasteiger partial charge < -0.3 is 9.72 Å². The summed E-state index contributed by atoms with van der Waals surface area (Å²) in [7, 11) is 0. The molecular formula is C18H14Cl2FN3O. The average molecular weight is 378 g/mol. The van der Waals surface area contributed by atoms with Gasteiger partial charge in [0.25, 0.3) is 0 Å². The first-order valence-electron chi connectivity index (χ1n) is 7.55. The number of halogens is 3. The molecule has 0 radical (unpaired) electrons. The van der Waals surface area contributed by atoms with Gasteiger partial charge in [-0.05, 0) is 35.9 Å². The van der Waals surface area contributed by atoms with Gasteiger partial charge in [-0.2, -0.15) is 0 Å². The van der Waals surface area contributed by atoms with E-state index in [1.807, 2.05) is 0 Å². The number of hydrogen-bond donors (Lipinski definition) is 1. The standard InChI is InChI=1S/C18H14Cl2FN3O/c19-13-3-1-12(16(20)9-13)2-6-18(25)22-8-7-15-11-24-10-14(21)4-5-17(24)23-15/h1-6,9-11H,7-8H2,(H,22,25)/b6-2+. The van der Waals surface area contributed by atoms with E-state index in [0.29, 0.717) is 34.2 Å². The minimum absolute atomic E-state index is 0.235. The fourth-order valence-corrected chi connectivity index (χ4v) is 2.78. The first-order chi connectivity index (χ1) is 12.0. The Kier molecular flexibility index (Phi) is 5.36. The quantitative estimate of drug-likeness (QED) is 0.678. The Bertz CT molecular complexity index is 953. The Morgan fingerprint density at radius 3 is 2.88 bits per heavy atom. The number of imidazole rings is 1. The zero-order chi connectivity index (χ0) is 17.8. The summed E-state index contributed by atoms with van der Waals surface area (Å²) in [6, 6.07) is 8.03. The molecule has 4 nitrogen and oxygen atoms in total. The predicted octanol–water partition coefficient (Wildman–Crippen LogP) is 4.15. The number of nitrogens with one attached hydrogen (secondary N) is 1. The number of carbonyl (C=O) groups excluding carboxylic acids is 1. The highest BCUT2D eigenvalue weighted by Gasteiger charge is 2.04. The SMILES string of the molecule is O=C(/C=C/c1ccc(Cl)cc1Cl)NCCc1cn2cc(F)ccc2n1. The Balaban J connectivity index is 1.54. The van der Waals surface area contributed by atoms with Crippen molar-refractivity contribution < 1.29 is 9.18 Å². The van der Waals surface area contributed by atoms with Crippen LogP contribution in [-0.4, -0.2) is 21.8 Å². The minimum Gasteiger partial charge on any atom is -0.352 e. The molecule has 3 rings (SSSR count). The highest BCUT2D eigenvalue weighted by Crippen LogP contribution is 2.21. The summed E-state index contributed by atoms with van der Waals surface area (Å²) in [4.78, 5) is 16.2. The first kappa shape index (κ1) is 17.5. The summed E-state index contributed by atoms with van der Waals surface area (Å²) in [5, 5.41) is 3.79. The van der Waals surface area contributed by atoms with Gasteiger partial charge >= 0.3 is 0 Å². The van der Waals surface area contributed by atoms with Crippen LogP contribution in [0.3, 0.4) is 0 Å². The molecule has 0 saturated heterocycles. The zero-order valence-electron chi connectivity index (χ0n) is 13.0. The molecule has 0 fully saturated rings. The molecular weight excluding hydrogens is 364 g/mol. The molecule has 25 heavy (non-hydrogen) atoms. The number of pyridine rings is 1. The molecule has 0 saturated carbocycles. The van der Waals surface area contributed by atoms with Crippen LogP contribution < -0.4 is 5.32 Å². The maximum atomic E-state index is 13.1. The Morgan fingerprint density at radius 1 is 1.24 bits per heavy atom. The smallest absolute Gasteiger partial charge is 0.244 e. The molecule has 0 aliphatic heterocycles. The number of nitrogens with zero attached hydrogens (tertiary/aromatic N) is 2.